The van der Waals surface area contributed by atoms with Gasteiger partial charge in [-0.25, -0.2) is 15.0 Å². The Morgan fingerprint density at radius 2 is 1.84 bits per heavy atom. The van der Waals surface area contributed by atoms with Crippen LogP contribution in [0, 0.1) is 0 Å². The normalized spacial score (nSPS) is 17.7. The molecule has 0 spiro atoms. The highest BCUT2D eigenvalue weighted by molar-refractivity contribution is 9.10. The van der Waals surface area contributed by atoms with Gasteiger partial charge in [0.05, 0.1) is 17.8 Å². The summed E-state index contributed by atoms with van der Waals surface area (Å²) in [5.74, 6) is 3.51. The van der Waals surface area contributed by atoms with Crippen LogP contribution in [0.5, 0.6) is 5.88 Å². The molecule has 1 aliphatic carbocycles. The molecule has 0 aromatic carbocycles. The lowest BCUT2D eigenvalue weighted by molar-refractivity contribution is 0.393. The van der Waals surface area contributed by atoms with Crippen LogP contribution in [0.2, 0.25) is 5.15 Å². The summed E-state index contributed by atoms with van der Waals surface area (Å²) in [5, 5.41) is 0.523. The van der Waals surface area contributed by atoms with E-state index in [9.17, 15) is 0 Å². The van der Waals surface area contributed by atoms with Crippen LogP contribution in [-0.4, -0.2) is 53.2 Å². The lowest BCUT2D eigenvalue weighted by atomic mass is 10.3. The number of hydrogen-bond acceptors (Lipinski definition) is 7. The molecule has 0 unspecified atom stereocenters. The Balaban J connectivity index is 1.46. The minimum atomic E-state index is 0.488. The third-order valence-corrected chi connectivity index (χ3v) is 5.16. The highest BCUT2D eigenvalue weighted by Crippen LogP contribution is 2.39. The van der Waals surface area contributed by atoms with Gasteiger partial charge in [-0.1, -0.05) is 11.6 Å². The van der Waals surface area contributed by atoms with Crippen LogP contribution in [0.3, 0.4) is 0 Å². The second kappa shape index (κ2) is 6.92. The maximum absolute atomic E-state index is 6.19. The predicted molar refractivity (Wildman–Crippen MR) is 99.7 cm³/mol. The average Bonchev–Trinajstić information content (AvgIpc) is 3.47. The number of anilines is 2. The Bertz CT molecular complexity index is 779. The molecule has 1 aliphatic heterocycles. The third-order valence-electron chi connectivity index (χ3n) is 4.42. The van der Waals surface area contributed by atoms with Crippen molar-refractivity contribution in [3.05, 3.63) is 27.7 Å². The molecule has 4 rings (SSSR count). The Morgan fingerprint density at radius 3 is 2.52 bits per heavy atom. The van der Waals surface area contributed by atoms with Gasteiger partial charge in [0.1, 0.15) is 16.8 Å². The Morgan fingerprint density at radius 1 is 1.12 bits per heavy atom. The van der Waals surface area contributed by atoms with E-state index in [0.717, 1.165) is 55.1 Å². The topological polar surface area (TPSA) is 67.3 Å². The largest absolute Gasteiger partial charge is 0.480 e. The van der Waals surface area contributed by atoms with E-state index in [1.165, 1.54) is 0 Å². The van der Waals surface area contributed by atoms with Gasteiger partial charge in [0.15, 0.2) is 0 Å². The number of methoxy groups -OCH3 is 1. The minimum Gasteiger partial charge on any atom is -0.480 e. The molecule has 2 fully saturated rings. The number of halogens is 2. The number of piperazine rings is 1. The van der Waals surface area contributed by atoms with Crippen molar-refractivity contribution in [2.45, 2.75) is 18.8 Å². The van der Waals surface area contributed by atoms with Crippen molar-refractivity contribution < 1.29 is 4.74 Å². The monoisotopic (exact) mass is 424 g/mol. The molecular formula is C16H18BrClN6O. The summed E-state index contributed by atoms with van der Waals surface area (Å²) >= 11 is 9.57. The zero-order chi connectivity index (χ0) is 17.4. The van der Waals surface area contributed by atoms with E-state index in [1.54, 1.807) is 13.3 Å². The lowest BCUT2D eigenvalue weighted by Crippen LogP contribution is -2.47. The maximum atomic E-state index is 6.19. The van der Waals surface area contributed by atoms with Gasteiger partial charge in [-0.15, -0.1) is 0 Å². The maximum Gasteiger partial charge on any atom is 0.232 e. The summed E-state index contributed by atoms with van der Waals surface area (Å²) in [7, 11) is 1.60. The molecule has 2 aromatic heterocycles. The summed E-state index contributed by atoms with van der Waals surface area (Å²) in [6, 6.07) is 1.85. The summed E-state index contributed by atoms with van der Waals surface area (Å²) in [6.45, 7) is 3.29. The van der Waals surface area contributed by atoms with E-state index >= 15 is 0 Å². The van der Waals surface area contributed by atoms with Crippen molar-refractivity contribution in [2.75, 3.05) is 43.1 Å². The molecule has 2 aromatic rings. The van der Waals surface area contributed by atoms with Crippen molar-refractivity contribution in [1.29, 1.82) is 0 Å². The van der Waals surface area contributed by atoms with E-state index in [2.05, 4.69) is 40.7 Å². The van der Waals surface area contributed by atoms with E-state index in [4.69, 9.17) is 21.3 Å². The van der Waals surface area contributed by atoms with Crippen molar-refractivity contribution in [3.63, 3.8) is 0 Å². The Kier molecular flexibility index (Phi) is 4.64. The number of nitrogens with zero attached hydrogens (tertiary/aromatic N) is 6. The predicted octanol–water partition coefficient (Wildman–Crippen LogP) is 2.90. The van der Waals surface area contributed by atoms with Gasteiger partial charge in [0.25, 0.3) is 0 Å². The summed E-state index contributed by atoms with van der Waals surface area (Å²) < 4.78 is 6.01. The van der Waals surface area contributed by atoms with Crippen LogP contribution in [0.15, 0.2) is 16.7 Å². The van der Waals surface area contributed by atoms with Gasteiger partial charge in [-0.05, 0) is 28.8 Å². The molecular weight excluding hydrogens is 408 g/mol. The van der Waals surface area contributed by atoms with Crippen molar-refractivity contribution >= 4 is 39.3 Å². The first kappa shape index (κ1) is 16.8. The highest BCUT2D eigenvalue weighted by atomic mass is 79.9. The molecule has 7 nitrogen and oxygen atoms in total. The Hall–Kier alpha value is -1.67. The van der Waals surface area contributed by atoms with Gasteiger partial charge in [0.2, 0.25) is 11.8 Å². The summed E-state index contributed by atoms with van der Waals surface area (Å²) in [4.78, 5) is 22.3. The molecule has 1 saturated heterocycles. The lowest BCUT2D eigenvalue weighted by Gasteiger charge is -2.35. The average molecular weight is 426 g/mol. The third kappa shape index (κ3) is 3.64. The van der Waals surface area contributed by atoms with Crippen molar-refractivity contribution in [2.24, 2.45) is 0 Å². The Labute approximate surface area is 159 Å². The molecule has 1 saturated carbocycles. The zero-order valence-electron chi connectivity index (χ0n) is 13.8. The van der Waals surface area contributed by atoms with Gasteiger partial charge in [-0.3, -0.25) is 0 Å². The van der Waals surface area contributed by atoms with Crippen LogP contribution in [0.4, 0.5) is 11.8 Å². The minimum absolute atomic E-state index is 0.488. The SMILES string of the molecule is COc1nc(N2CCN(c3cc(Cl)nc(C4CC4)n3)CC2)ncc1Br. The van der Waals surface area contributed by atoms with Gasteiger partial charge in [-0.2, -0.15) is 4.98 Å². The van der Waals surface area contributed by atoms with Gasteiger partial charge < -0.3 is 14.5 Å². The molecule has 0 amide bonds. The standard InChI is InChI=1S/C16H18BrClN6O/c1-25-15-11(17)9-19-16(22-15)24-6-4-23(5-7-24)13-8-12(18)20-14(21-13)10-2-3-10/h8-10H,2-7H2,1H3. The molecule has 9 heteroatoms. The van der Waals surface area contributed by atoms with Crippen LogP contribution in [0.1, 0.15) is 24.6 Å². The molecule has 2 aliphatic rings. The van der Waals surface area contributed by atoms with E-state index in [1.807, 2.05) is 6.07 Å². The van der Waals surface area contributed by atoms with Crippen molar-refractivity contribution in [3.8, 4) is 5.88 Å². The summed E-state index contributed by atoms with van der Waals surface area (Å²) in [6.07, 6.45) is 4.05. The van der Waals surface area contributed by atoms with Crippen LogP contribution in [-0.2, 0) is 0 Å². The number of hydrogen-bond donors (Lipinski definition) is 0. The first-order valence-corrected chi connectivity index (χ1v) is 9.42. The number of rotatable bonds is 4. The van der Waals surface area contributed by atoms with Crippen LogP contribution < -0.4 is 14.5 Å². The molecule has 0 radical (unpaired) electrons. The highest BCUT2D eigenvalue weighted by Gasteiger charge is 2.28. The quantitative estimate of drug-likeness (QED) is 0.698. The molecule has 132 valence electrons. The van der Waals surface area contributed by atoms with E-state index < -0.39 is 0 Å². The van der Waals surface area contributed by atoms with Crippen LogP contribution >= 0.6 is 27.5 Å². The van der Waals surface area contributed by atoms with Crippen LogP contribution in [0.25, 0.3) is 0 Å². The smallest absolute Gasteiger partial charge is 0.232 e. The van der Waals surface area contributed by atoms with E-state index in [-0.39, 0.29) is 0 Å². The van der Waals surface area contributed by atoms with Crippen molar-refractivity contribution in [1.82, 2.24) is 19.9 Å². The number of ether oxygens (including phenoxy) is 1. The molecule has 0 N–H and O–H groups in total. The van der Waals surface area contributed by atoms with E-state index in [0.29, 0.717) is 22.9 Å². The molecule has 0 atom stereocenters. The fraction of sp³-hybridized carbons (Fsp3) is 0.500. The summed E-state index contributed by atoms with van der Waals surface area (Å²) in [5.41, 5.74) is 0. The number of aromatic nitrogens is 4. The van der Waals surface area contributed by atoms with Gasteiger partial charge in [0, 0.05) is 38.2 Å². The van der Waals surface area contributed by atoms with Gasteiger partial charge >= 0.3 is 0 Å². The molecule has 3 heterocycles. The molecule has 25 heavy (non-hydrogen) atoms. The first-order chi connectivity index (χ1) is 12.1. The fourth-order valence-corrected chi connectivity index (χ4v) is 3.42. The first-order valence-electron chi connectivity index (χ1n) is 8.25. The zero-order valence-corrected chi connectivity index (χ0v) is 16.2. The molecule has 0 bridgehead atoms. The fourth-order valence-electron chi connectivity index (χ4n) is 2.88. The second-order valence-electron chi connectivity index (χ2n) is 6.18. The second-order valence-corrected chi connectivity index (χ2v) is 7.42.